The van der Waals surface area contributed by atoms with Crippen molar-refractivity contribution in [1.29, 1.82) is 0 Å². The van der Waals surface area contributed by atoms with Crippen molar-refractivity contribution in [3.8, 4) is 0 Å². The second-order valence-corrected chi connectivity index (χ2v) is 3.31. The molecule has 0 unspecified atom stereocenters. The summed E-state index contributed by atoms with van der Waals surface area (Å²) in [6, 6.07) is 0. The minimum Gasteiger partial charge on any atom is -0.368 e. The molecule has 1 saturated carbocycles. The van der Waals surface area contributed by atoms with Gasteiger partial charge in [-0.05, 0) is 19.8 Å². The first-order valence-corrected chi connectivity index (χ1v) is 3.92. The summed E-state index contributed by atoms with van der Waals surface area (Å²) in [4.78, 5) is 4.16. The van der Waals surface area contributed by atoms with Crippen molar-refractivity contribution in [3.63, 3.8) is 0 Å². The van der Waals surface area contributed by atoms with Crippen molar-refractivity contribution in [2.45, 2.75) is 38.1 Å². The highest BCUT2D eigenvalue weighted by molar-refractivity contribution is 5.77. The van der Waals surface area contributed by atoms with E-state index in [2.05, 4.69) is 11.9 Å². The lowest BCUT2D eigenvalue weighted by Crippen LogP contribution is -2.33. The average molecular weight is 157 g/mol. The highest BCUT2D eigenvalue weighted by atomic mass is 16.5. The highest BCUT2D eigenvalue weighted by Crippen LogP contribution is 2.32. The molecule has 0 spiro atoms. The van der Waals surface area contributed by atoms with Gasteiger partial charge in [0.1, 0.15) is 0 Å². The molecular weight excluding hydrogens is 142 g/mol. The Balaban J connectivity index is 2.58. The fourth-order valence-electron chi connectivity index (χ4n) is 1.56. The van der Waals surface area contributed by atoms with Gasteiger partial charge in [0.15, 0.2) is 0 Å². The topological polar surface area (TPSA) is 70.6 Å². The summed E-state index contributed by atoms with van der Waals surface area (Å²) in [6.07, 6.45) is 4.54. The van der Waals surface area contributed by atoms with E-state index in [-0.39, 0.29) is 11.5 Å². The molecule has 0 atom stereocenters. The van der Waals surface area contributed by atoms with E-state index in [0.717, 1.165) is 12.8 Å². The third-order valence-electron chi connectivity index (χ3n) is 2.19. The molecule has 1 rings (SSSR count). The second-order valence-electron chi connectivity index (χ2n) is 3.31. The van der Waals surface area contributed by atoms with Crippen LogP contribution in [0.15, 0.2) is 4.99 Å². The molecule has 0 aromatic rings. The van der Waals surface area contributed by atoms with Crippen molar-refractivity contribution >= 4 is 5.96 Å². The maximum absolute atomic E-state index is 8.40. The first kappa shape index (κ1) is 8.33. The molecule has 0 aromatic carbocycles. The third-order valence-corrected chi connectivity index (χ3v) is 2.19. The molecule has 1 aliphatic rings. The molecule has 0 radical (unpaired) electrons. The number of nitrogens with zero attached hydrogens (tertiary/aromatic N) is 1. The van der Waals surface area contributed by atoms with E-state index in [1.54, 1.807) is 0 Å². The first-order valence-electron chi connectivity index (χ1n) is 3.92. The molecule has 64 valence electrons. The lowest BCUT2D eigenvalue weighted by molar-refractivity contribution is 0.230. The van der Waals surface area contributed by atoms with Crippen LogP contribution in [0.2, 0.25) is 0 Å². The van der Waals surface area contributed by atoms with Crippen molar-refractivity contribution < 1.29 is 5.21 Å². The van der Waals surface area contributed by atoms with Gasteiger partial charge >= 0.3 is 0 Å². The SMILES string of the molecule is CC1(N=C(N)NO)CCCC1. The molecule has 0 bridgehead atoms. The molecule has 4 nitrogen and oxygen atoms in total. The lowest BCUT2D eigenvalue weighted by Gasteiger charge is -2.17. The molecule has 1 aliphatic carbocycles. The van der Waals surface area contributed by atoms with Gasteiger partial charge in [0, 0.05) is 0 Å². The summed E-state index contributed by atoms with van der Waals surface area (Å²) in [7, 11) is 0. The van der Waals surface area contributed by atoms with Crippen LogP contribution in [0.1, 0.15) is 32.6 Å². The van der Waals surface area contributed by atoms with Crippen LogP contribution in [0, 0.1) is 0 Å². The number of rotatable bonds is 1. The van der Waals surface area contributed by atoms with Crippen molar-refractivity contribution in [1.82, 2.24) is 5.48 Å². The zero-order valence-corrected chi connectivity index (χ0v) is 6.80. The van der Waals surface area contributed by atoms with Crippen molar-refractivity contribution in [2.75, 3.05) is 0 Å². The van der Waals surface area contributed by atoms with E-state index >= 15 is 0 Å². The fourth-order valence-corrected chi connectivity index (χ4v) is 1.56. The van der Waals surface area contributed by atoms with Gasteiger partial charge in [-0.2, -0.15) is 0 Å². The number of hydrogen-bond donors (Lipinski definition) is 3. The van der Waals surface area contributed by atoms with Gasteiger partial charge in [-0.25, -0.2) is 10.5 Å². The van der Waals surface area contributed by atoms with Gasteiger partial charge < -0.3 is 5.73 Å². The minimum absolute atomic E-state index is 0.0419. The van der Waals surface area contributed by atoms with Gasteiger partial charge in [-0.1, -0.05) is 12.8 Å². The average Bonchev–Trinajstić information content (AvgIpc) is 2.36. The van der Waals surface area contributed by atoms with Gasteiger partial charge in [-0.15, -0.1) is 0 Å². The Morgan fingerprint density at radius 1 is 1.55 bits per heavy atom. The molecule has 0 aromatic heterocycles. The molecule has 1 fully saturated rings. The van der Waals surface area contributed by atoms with E-state index in [4.69, 9.17) is 10.9 Å². The lowest BCUT2D eigenvalue weighted by atomic mass is 10.0. The second kappa shape index (κ2) is 3.09. The summed E-state index contributed by atoms with van der Waals surface area (Å²) in [5, 5.41) is 8.40. The zero-order valence-electron chi connectivity index (χ0n) is 6.80. The molecular formula is C7H15N3O. The molecule has 0 amide bonds. The Kier molecular flexibility index (Phi) is 2.34. The van der Waals surface area contributed by atoms with Gasteiger partial charge in [0.25, 0.3) is 0 Å². The summed E-state index contributed by atoms with van der Waals surface area (Å²) in [6.45, 7) is 2.06. The van der Waals surface area contributed by atoms with E-state index in [9.17, 15) is 0 Å². The third kappa shape index (κ3) is 2.08. The molecule has 4 heteroatoms. The maximum atomic E-state index is 8.40. The Bertz CT molecular complexity index is 161. The Labute approximate surface area is 66.5 Å². The Morgan fingerprint density at radius 2 is 2.09 bits per heavy atom. The predicted octanol–water partition coefficient (Wildman–Crippen LogP) is 0.613. The van der Waals surface area contributed by atoms with E-state index < -0.39 is 0 Å². The van der Waals surface area contributed by atoms with Crippen LogP contribution in [0.5, 0.6) is 0 Å². The normalized spacial score (nSPS) is 23.6. The van der Waals surface area contributed by atoms with Crippen molar-refractivity contribution in [3.05, 3.63) is 0 Å². The fraction of sp³-hybridized carbons (Fsp3) is 0.857. The standard InChI is InChI=1S/C7H15N3O/c1-7(4-2-3-5-7)9-6(8)10-11/h11H,2-5H2,1H3,(H3,8,9,10). The maximum Gasteiger partial charge on any atom is 0.213 e. The first-order chi connectivity index (χ1) is 5.16. The summed E-state index contributed by atoms with van der Waals surface area (Å²) < 4.78 is 0. The highest BCUT2D eigenvalue weighted by Gasteiger charge is 2.27. The molecule has 0 saturated heterocycles. The summed E-state index contributed by atoms with van der Waals surface area (Å²) in [5.41, 5.74) is 7.13. The largest absolute Gasteiger partial charge is 0.368 e. The van der Waals surface area contributed by atoms with Crippen LogP contribution in [0.25, 0.3) is 0 Å². The van der Waals surface area contributed by atoms with Gasteiger partial charge in [-0.3, -0.25) is 5.21 Å². The zero-order chi connectivity index (χ0) is 8.32. The van der Waals surface area contributed by atoms with Crippen LogP contribution < -0.4 is 11.2 Å². The molecule has 4 N–H and O–H groups in total. The van der Waals surface area contributed by atoms with Crippen LogP contribution in [0.3, 0.4) is 0 Å². The number of guanidine groups is 1. The molecule has 0 heterocycles. The number of hydrogen-bond acceptors (Lipinski definition) is 2. The van der Waals surface area contributed by atoms with E-state index in [1.807, 2.05) is 5.48 Å². The number of hydroxylamine groups is 1. The van der Waals surface area contributed by atoms with E-state index in [0.29, 0.717) is 0 Å². The van der Waals surface area contributed by atoms with Crippen LogP contribution in [0.4, 0.5) is 0 Å². The van der Waals surface area contributed by atoms with Gasteiger partial charge in [0.05, 0.1) is 5.54 Å². The minimum atomic E-state index is -0.0419. The van der Waals surface area contributed by atoms with Crippen LogP contribution >= 0.6 is 0 Å². The van der Waals surface area contributed by atoms with Crippen LogP contribution in [-0.4, -0.2) is 16.7 Å². The summed E-state index contributed by atoms with van der Waals surface area (Å²) in [5.74, 6) is 0.120. The number of nitrogens with one attached hydrogen (secondary N) is 1. The van der Waals surface area contributed by atoms with E-state index in [1.165, 1.54) is 12.8 Å². The summed E-state index contributed by atoms with van der Waals surface area (Å²) >= 11 is 0. The number of aliphatic imine (C=N–C) groups is 1. The predicted molar refractivity (Wildman–Crippen MR) is 43.4 cm³/mol. The van der Waals surface area contributed by atoms with Crippen LogP contribution in [-0.2, 0) is 0 Å². The Morgan fingerprint density at radius 3 is 2.55 bits per heavy atom. The number of nitrogens with two attached hydrogens (primary N) is 1. The molecule has 11 heavy (non-hydrogen) atoms. The quantitative estimate of drug-likeness (QED) is 0.297. The monoisotopic (exact) mass is 157 g/mol. The van der Waals surface area contributed by atoms with Crippen molar-refractivity contribution in [2.24, 2.45) is 10.7 Å². The smallest absolute Gasteiger partial charge is 0.213 e. The Hall–Kier alpha value is -0.770. The van der Waals surface area contributed by atoms with Gasteiger partial charge in [0.2, 0.25) is 5.96 Å². The molecule has 0 aliphatic heterocycles.